The minimum Gasteiger partial charge on any atom is -0.297 e. The largest absolute Gasteiger partial charge is 0.297 e. The van der Waals surface area contributed by atoms with Crippen LogP contribution in [0, 0.1) is 5.92 Å². The molecule has 1 aromatic carbocycles. The zero-order chi connectivity index (χ0) is 18.1. The second-order valence-corrected chi connectivity index (χ2v) is 7.15. The molecule has 1 aliphatic rings. The summed E-state index contributed by atoms with van der Waals surface area (Å²) in [5.74, 6) is 0.607. The Balaban J connectivity index is 1.31. The Kier molecular flexibility index (Phi) is 4.14. The lowest BCUT2D eigenvalue weighted by atomic mass is 10.1. The van der Waals surface area contributed by atoms with Gasteiger partial charge in [0.05, 0.1) is 23.1 Å². The minimum atomic E-state index is 0.607. The molecule has 4 aromatic rings. The second kappa shape index (κ2) is 6.92. The highest BCUT2D eigenvalue weighted by molar-refractivity contribution is 5.80. The molecule has 0 bridgehead atoms. The minimum absolute atomic E-state index is 0.607. The van der Waals surface area contributed by atoms with Gasteiger partial charge in [-0.3, -0.25) is 19.1 Å². The molecule has 7 nitrogen and oxygen atoms in total. The van der Waals surface area contributed by atoms with Gasteiger partial charge in [-0.1, -0.05) is 6.07 Å². The highest BCUT2D eigenvalue weighted by Crippen LogP contribution is 2.23. The molecule has 1 fully saturated rings. The monoisotopic (exact) mass is 359 g/mol. The molecule has 0 spiro atoms. The molecule has 1 atom stereocenters. The molecule has 3 aromatic heterocycles. The average Bonchev–Trinajstić information content (AvgIpc) is 3.45. The van der Waals surface area contributed by atoms with Crippen molar-refractivity contribution in [2.45, 2.75) is 19.5 Å². The molecule has 136 valence electrons. The molecule has 5 rings (SSSR count). The Morgan fingerprint density at radius 1 is 1.07 bits per heavy atom. The van der Waals surface area contributed by atoms with E-state index >= 15 is 0 Å². The molecular formula is C20H21N7. The summed E-state index contributed by atoms with van der Waals surface area (Å²) in [7, 11) is 0. The van der Waals surface area contributed by atoms with Gasteiger partial charge in [-0.05, 0) is 49.2 Å². The van der Waals surface area contributed by atoms with E-state index in [1.54, 1.807) is 12.7 Å². The van der Waals surface area contributed by atoms with Gasteiger partial charge >= 0.3 is 0 Å². The lowest BCUT2D eigenvalue weighted by Gasteiger charge is -2.16. The lowest BCUT2D eigenvalue weighted by molar-refractivity contribution is 0.304. The first-order chi connectivity index (χ1) is 13.3. The maximum atomic E-state index is 4.64. The number of fused-ring (bicyclic) bond motifs is 1. The Morgan fingerprint density at radius 2 is 2.00 bits per heavy atom. The Labute approximate surface area is 157 Å². The molecular weight excluding hydrogens is 338 g/mol. The van der Waals surface area contributed by atoms with E-state index in [-0.39, 0.29) is 0 Å². The van der Waals surface area contributed by atoms with Crippen molar-refractivity contribution in [2.75, 3.05) is 13.1 Å². The maximum absolute atomic E-state index is 4.64. The van der Waals surface area contributed by atoms with Crippen molar-refractivity contribution in [1.82, 2.24) is 34.4 Å². The predicted molar refractivity (Wildman–Crippen MR) is 102 cm³/mol. The van der Waals surface area contributed by atoms with Crippen molar-refractivity contribution in [3.05, 3.63) is 67.1 Å². The normalized spacial score (nSPS) is 17.7. The summed E-state index contributed by atoms with van der Waals surface area (Å²) in [6, 6.07) is 12.5. The van der Waals surface area contributed by atoms with E-state index < -0.39 is 0 Å². The zero-order valence-electron chi connectivity index (χ0n) is 15.0. The third-order valence-corrected chi connectivity index (χ3v) is 5.26. The first kappa shape index (κ1) is 16.1. The van der Waals surface area contributed by atoms with Crippen LogP contribution in [0.2, 0.25) is 0 Å². The first-order valence-electron chi connectivity index (χ1n) is 9.28. The van der Waals surface area contributed by atoms with Crippen LogP contribution in [0.5, 0.6) is 0 Å². The molecule has 0 saturated carbocycles. The average molecular weight is 359 g/mol. The molecule has 0 radical (unpaired) electrons. The fourth-order valence-corrected chi connectivity index (χ4v) is 3.87. The van der Waals surface area contributed by atoms with Crippen LogP contribution in [0.25, 0.3) is 16.6 Å². The summed E-state index contributed by atoms with van der Waals surface area (Å²) in [6.45, 7) is 4.07. The predicted octanol–water partition coefficient (Wildman–Crippen LogP) is 2.53. The Morgan fingerprint density at radius 3 is 2.85 bits per heavy atom. The number of benzene rings is 1. The van der Waals surface area contributed by atoms with Crippen molar-refractivity contribution in [3.63, 3.8) is 0 Å². The number of hydrogen-bond donors (Lipinski definition) is 0. The molecule has 1 aliphatic heterocycles. The number of likely N-dealkylation sites (tertiary alicyclic amines) is 1. The van der Waals surface area contributed by atoms with Gasteiger partial charge in [0.15, 0.2) is 0 Å². The molecule has 0 N–H and O–H groups in total. The van der Waals surface area contributed by atoms with E-state index in [0.717, 1.165) is 48.5 Å². The highest BCUT2D eigenvalue weighted by atomic mass is 15.3. The van der Waals surface area contributed by atoms with Crippen LogP contribution >= 0.6 is 0 Å². The van der Waals surface area contributed by atoms with Gasteiger partial charge in [-0.25, -0.2) is 0 Å². The topological polar surface area (TPSA) is 64.7 Å². The maximum Gasteiger partial charge on any atom is 0.123 e. The number of pyridine rings is 1. The standard InChI is InChI=1S/C20H21N7/c1-2-7-21-18(3-1)13-25-8-6-16(11-25)12-27-20-9-19(26-14-22-23-15-26)5-4-17(20)10-24-27/h1-5,7,9-10,14-16H,6,8,11-13H2. The van der Waals surface area contributed by atoms with Gasteiger partial charge in [0.2, 0.25) is 0 Å². The van der Waals surface area contributed by atoms with Gasteiger partial charge in [0.25, 0.3) is 0 Å². The van der Waals surface area contributed by atoms with Gasteiger partial charge in [0.1, 0.15) is 12.7 Å². The fourth-order valence-electron chi connectivity index (χ4n) is 3.87. The van der Waals surface area contributed by atoms with E-state index in [0.29, 0.717) is 5.92 Å². The molecule has 1 unspecified atom stereocenters. The van der Waals surface area contributed by atoms with E-state index in [2.05, 4.69) is 60.2 Å². The summed E-state index contributed by atoms with van der Waals surface area (Å²) in [5, 5.41) is 13.6. The van der Waals surface area contributed by atoms with Gasteiger partial charge in [-0.15, -0.1) is 10.2 Å². The molecule has 0 amide bonds. The van der Waals surface area contributed by atoms with Crippen LogP contribution in [0.1, 0.15) is 12.1 Å². The molecule has 0 aliphatic carbocycles. The first-order valence-corrected chi connectivity index (χ1v) is 9.28. The summed E-state index contributed by atoms with van der Waals surface area (Å²) >= 11 is 0. The van der Waals surface area contributed by atoms with Gasteiger partial charge < -0.3 is 0 Å². The Hall–Kier alpha value is -3.06. The summed E-state index contributed by atoms with van der Waals surface area (Å²) in [5.41, 5.74) is 3.35. The van der Waals surface area contributed by atoms with E-state index in [9.17, 15) is 0 Å². The van der Waals surface area contributed by atoms with E-state index in [1.807, 2.05) is 23.0 Å². The Bertz CT molecular complexity index is 1020. The van der Waals surface area contributed by atoms with Crippen LogP contribution in [0.15, 0.2) is 61.4 Å². The van der Waals surface area contributed by atoms with E-state index in [1.165, 1.54) is 6.42 Å². The van der Waals surface area contributed by atoms with E-state index in [4.69, 9.17) is 0 Å². The number of aromatic nitrogens is 6. The number of hydrogen-bond acceptors (Lipinski definition) is 5. The zero-order valence-corrected chi connectivity index (χ0v) is 15.0. The molecule has 4 heterocycles. The quantitative estimate of drug-likeness (QED) is 0.548. The van der Waals surface area contributed by atoms with Crippen molar-refractivity contribution in [2.24, 2.45) is 5.92 Å². The summed E-state index contributed by atoms with van der Waals surface area (Å²) < 4.78 is 4.05. The number of rotatable bonds is 5. The smallest absolute Gasteiger partial charge is 0.123 e. The SMILES string of the molecule is c1ccc(CN2CCC(Cn3ncc4ccc(-n5cnnc5)cc43)C2)nc1. The highest BCUT2D eigenvalue weighted by Gasteiger charge is 2.23. The number of nitrogens with zero attached hydrogens (tertiary/aromatic N) is 7. The van der Waals surface area contributed by atoms with Crippen molar-refractivity contribution < 1.29 is 0 Å². The molecule has 27 heavy (non-hydrogen) atoms. The van der Waals surface area contributed by atoms with Crippen molar-refractivity contribution in [1.29, 1.82) is 0 Å². The van der Waals surface area contributed by atoms with Crippen LogP contribution in [-0.4, -0.2) is 47.5 Å². The third-order valence-electron chi connectivity index (χ3n) is 5.26. The van der Waals surface area contributed by atoms with Crippen LogP contribution in [-0.2, 0) is 13.1 Å². The fraction of sp³-hybridized carbons (Fsp3) is 0.300. The van der Waals surface area contributed by atoms with Gasteiger partial charge in [0, 0.05) is 31.2 Å². The lowest BCUT2D eigenvalue weighted by Crippen LogP contribution is -2.22. The van der Waals surface area contributed by atoms with Crippen LogP contribution in [0.3, 0.4) is 0 Å². The van der Waals surface area contributed by atoms with Crippen LogP contribution in [0.4, 0.5) is 0 Å². The molecule has 1 saturated heterocycles. The second-order valence-electron chi connectivity index (χ2n) is 7.15. The van der Waals surface area contributed by atoms with Crippen molar-refractivity contribution >= 4 is 10.9 Å². The molecule has 7 heteroatoms. The summed E-state index contributed by atoms with van der Waals surface area (Å²) in [6.07, 6.45) is 8.44. The van der Waals surface area contributed by atoms with Crippen molar-refractivity contribution in [3.8, 4) is 5.69 Å². The third kappa shape index (κ3) is 3.33. The summed E-state index contributed by atoms with van der Waals surface area (Å²) in [4.78, 5) is 6.93. The van der Waals surface area contributed by atoms with Crippen LogP contribution < -0.4 is 0 Å². The van der Waals surface area contributed by atoms with Gasteiger partial charge in [-0.2, -0.15) is 5.10 Å².